The molecule has 5 heteroatoms. The Labute approximate surface area is 114 Å². The minimum Gasteiger partial charge on any atom is -0.338 e. The molecule has 1 rings (SSSR count). The summed E-state index contributed by atoms with van der Waals surface area (Å²) in [5.41, 5.74) is 3.20. The van der Waals surface area contributed by atoms with Gasteiger partial charge in [-0.2, -0.15) is 0 Å². The molecule has 1 aromatic carbocycles. The number of rotatable bonds is 4. The van der Waals surface area contributed by atoms with Crippen LogP contribution in [0, 0.1) is 11.7 Å². The van der Waals surface area contributed by atoms with Crippen molar-refractivity contribution in [2.75, 3.05) is 13.6 Å². The van der Waals surface area contributed by atoms with E-state index >= 15 is 0 Å². The van der Waals surface area contributed by atoms with Crippen LogP contribution in [0.25, 0.3) is 0 Å². The maximum atomic E-state index is 13.8. The SMILES string of the molecule is CC(C)CN=C(NN)N(C)C(C)c1ccccc1F. The molecule has 0 radical (unpaired) electrons. The molecule has 0 heterocycles. The molecule has 0 spiro atoms. The number of guanidine groups is 1. The van der Waals surface area contributed by atoms with Gasteiger partial charge in [-0.15, -0.1) is 0 Å². The number of halogens is 1. The average Bonchev–Trinajstić information content (AvgIpc) is 2.38. The van der Waals surface area contributed by atoms with Crippen LogP contribution < -0.4 is 11.3 Å². The molecule has 0 bridgehead atoms. The number of aliphatic imine (C=N–C) groups is 1. The van der Waals surface area contributed by atoms with E-state index in [-0.39, 0.29) is 11.9 Å². The molecule has 0 aliphatic rings. The molecule has 0 saturated heterocycles. The molecule has 3 N–H and O–H groups in total. The van der Waals surface area contributed by atoms with E-state index in [0.717, 1.165) is 0 Å². The Bertz CT molecular complexity index is 431. The largest absolute Gasteiger partial charge is 0.338 e. The third-order valence-corrected chi connectivity index (χ3v) is 3.01. The first-order chi connectivity index (χ1) is 8.97. The number of hydrogen-bond acceptors (Lipinski definition) is 2. The molecule has 0 aliphatic carbocycles. The number of nitrogens with two attached hydrogens (primary N) is 1. The lowest BCUT2D eigenvalue weighted by Gasteiger charge is -2.28. The highest BCUT2D eigenvalue weighted by atomic mass is 19.1. The molecule has 1 aromatic rings. The maximum Gasteiger partial charge on any atom is 0.208 e. The number of nitrogens with one attached hydrogen (secondary N) is 1. The van der Waals surface area contributed by atoms with E-state index in [9.17, 15) is 4.39 Å². The van der Waals surface area contributed by atoms with E-state index in [1.807, 2.05) is 24.9 Å². The van der Waals surface area contributed by atoms with Gasteiger partial charge in [0.2, 0.25) is 5.96 Å². The Kier molecular flexibility index (Phi) is 5.76. The van der Waals surface area contributed by atoms with Crippen LogP contribution in [0.5, 0.6) is 0 Å². The van der Waals surface area contributed by atoms with Crippen molar-refractivity contribution in [2.24, 2.45) is 16.8 Å². The Hall–Kier alpha value is -1.62. The fourth-order valence-electron chi connectivity index (χ4n) is 1.73. The summed E-state index contributed by atoms with van der Waals surface area (Å²) in [5, 5.41) is 0. The van der Waals surface area contributed by atoms with Crippen LogP contribution in [-0.4, -0.2) is 24.5 Å². The second kappa shape index (κ2) is 7.09. The van der Waals surface area contributed by atoms with Crippen LogP contribution in [0.3, 0.4) is 0 Å². The third kappa shape index (κ3) is 4.21. The van der Waals surface area contributed by atoms with Gasteiger partial charge in [-0.3, -0.25) is 10.4 Å². The van der Waals surface area contributed by atoms with Crippen LogP contribution in [0.2, 0.25) is 0 Å². The zero-order valence-corrected chi connectivity index (χ0v) is 12.0. The Morgan fingerprint density at radius 3 is 2.53 bits per heavy atom. The van der Waals surface area contributed by atoms with E-state index in [4.69, 9.17) is 5.84 Å². The van der Waals surface area contributed by atoms with Gasteiger partial charge in [-0.05, 0) is 18.9 Å². The van der Waals surface area contributed by atoms with Gasteiger partial charge in [0.1, 0.15) is 5.82 Å². The van der Waals surface area contributed by atoms with Gasteiger partial charge >= 0.3 is 0 Å². The van der Waals surface area contributed by atoms with Crippen LogP contribution in [-0.2, 0) is 0 Å². The van der Waals surface area contributed by atoms with Gasteiger partial charge in [-0.1, -0.05) is 32.0 Å². The zero-order valence-electron chi connectivity index (χ0n) is 12.0. The highest BCUT2D eigenvalue weighted by molar-refractivity contribution is 5.79. The van der Waals surface area contributed by atoms with Crippen molar-refractivity contribution in [3.8, 4) is 0 Å². The highest BCUT2D eigenvalue weighted by Gasteiger charge is 2.18. The van der Waals surface area contributed by atoms with Crippen molar-refractivity contribution < 1.29 is 4.39 Å². The van der Waals surface area contributed by atoms with Gasteiger partial charge in [0.05, 0.1) is 6.04 Å². The smallest absolute Gasteiger partial charge is 0.208 e. The number of benzene rings is 1. The van der Waals surface area contributed by atoms with Crippen molar-refractivity contribution in [2.45, 2.75) is 26.8 Å². The van der Waals surface area contributed by atoms with Gasteiger partial charge in [0.25, 0.3) is 0 Å². The monoisotopic (exact) mass is 266 g/mol. The zero-order chi connectivity index (χ0) is 14.4. The van der Waals surface area contributed by atoms with E-state index in [1.165, 1.54) is 6.07 Å². The average molecular weight is 266 g/mol. The second-order valence-electron chi connectivity index (χ2n) is 5.01. The molecule has 0 aromatic heterocycles. The lowest BCUT2D eigenvalue weighted by Crippen LogP contribution is -2.44. The lowest BCUT2D eigenvalue weighted by molar-refractivity contribution is 0.374. The van der Waals surface area contributed by atoms with Crippen molar-refractivity contribution in [1.29, 1.82) is 0 Å². The predicted octanol–water partition coefficient (Wildman–Crippen LogP) is 2.29. The summed E-state index contributed by atoms with van der Waals surface area (Å²) < 4.78 is 13.8. The Balaban J connectivity index is 2.88. The summed E-state index contributed by atoms with van der Waals surface area (Å²) in [7, 11) is 1.84. The Morgan fingerprint density at radius 1 is 1.37 bits per heavy atom. The van der Waals surface area contributed by atoms with Crippen LogP contribution in [0.4, 0.5) is 4.39 Å². The fourth-order valence-corrected chi connectivity index (χ4v) is 1.73. The van der Waals surface area contributed by atoms with Gasteiger partial charge in [0.15, 0.2) is 0 Å². The van der Waals surface area contributed by atoms with E-state index < -0.39 is 0 Å². The molecule has 106 valence electrons. The number of hydrazine groups is 1. The summed E-state index contributed by atoms with van der Waals surface area (Å²) in [6.07, 6.45) is 0. The topological polar surface area (TPSA) is 53.6 Å². The molecule has 0 amide bonds. The lowest BCUT2D eigenvalue weighted by atomic mass is 10.1. The molecule has 1 unspecified atom stereocenters. The normalized spacial score (nSPS) is 13.5. The fraction of sp³-hybridized carbons (Fsp3) is 0.500. The Morgan fingerprint density at radius 2 is 2.00 bits per heavy atom. The summed E-state index contributed by atoms with van der Waals surface area (Å²) >= 11 is 0. The first-order valence-corrected chi connectivity index (χ1v) is 6.45. The van der Waals surface area contributed by atoms with E-state index in [1.54, 1.807) is 12.1 Å². The van der Waals surface area contributed by atoms with Crippen molar-refractivity contribution in [3.63, 3.8) is 0 Å². The van der Waals surface area contributed by atoms with Gasteiger partial charge < -0.3 is 4.90 Å². The quantitative estimate of drug-likeness (QED) is 0.380. The molecular weight excluding hydrogens is 243 g/mol. The minimum atomic E-state index is -0.220. The molecule has 1 atom stereocenters. The van der Waals surface area contributed by atoms with Gasteiger partial charge in [-0.25, -0.2) is 10.2 Å². The van der Waals surface area contributed by atoms with E-state index in [2.05, 4.69) is 24.3 Å². The number of hydrogen-bond donors (Lipinski definition) is 2. The first-order valence-electron chi connectivity index (χ1n) is 6.45. The second-order valence-corrected chi connectivity index (χ2v) is 5.01. The molecule has 0 saturated carbocycles. The standard InChI is InChI=1S/C14H23FN4/c1-10(2)9-17-14(18-16)19(4)11(3)12-7-5-6-8-13(12)15/h5-8,10-11H,9,16H2,1-4H3,(H,17,18). The van der Waals surface area contributed by atoms with Crippen LogP contribution >= 0.6 is 0 Å². The molecule has 4 nitrogen and oxygen atoms in total. The summed E-state index contributed by atoms with van der Waals surface area (Å²) in [4.78, 5) is 6.24. The van der Waals surface area contributed by atoms with Crippen LogP contribution in [0.15, 0.2) is 29.3 Å². The van der Waals surface area contributed by atoms with Crippen LogP contribution in [0.1, 0.15) is 32.4 Å². The summed E-state index contributed by atoms with van der Waals surface area (Å²) in [6.45, 7) is 6.75. The van der Waals surface area contributed by atoms with Crippen molar-refractivity contribution in [3.05, 3.63) is 35.6 Å². The first kappa shape index (κ1) is 15.4. The van der Waals surface area contributed by atoms with E-state index in [0.29, 0.717) is 24.0 Å². The third-order valence-electron chi connectivity index (χ3n) is 3.01. The summed E-state index contributed by atoms with van der Waals surface area (Å²) in [5.74, 6) is 6.28. The molecule has 0 aliphatic heterocycles. The number of nitrogens with zero attached hydrogens (tertiary/aromatic N) is 2. The maximum absolute atomic E-state index is 13.8. The summed E-state index contributed by atoms with van der Waals surface area (Å²) in [6, 6.07) is 6.58. The molecule has 19 heavy (non-hydrogen) atoms. The van der Waals surface area contributed by atoms with Crippen molar-refractivity contribution >= 4 is 5.96 Å². The van der Waals surface area contributed by atoms with Gasteiger partial charge in [0, 0.05) is 19.2 Å². The molecule has 0 fully saturated rings. The molecular formula is C14H23FN4. The van der Waals surface area contributed by atoms with Crippen molar-refractivity contribution in [1.82, 2.24) is 10.3 Å². The predicted molar refractivity (Wildman–Crippen MR) is 77.0 cm³/mol. The highest BCUT2D eigenvalue weighted by Crippen LogP contribution is 2.21. The minimum absolute atomic E-state index is 0.150.